The Hall–Kier alpha value is -3.65. The van der Waals surface area contributed by atoms with Crippen molar-refractivity contribution in [3.8, 4) is 11.5 Å². The summed E-state index contributed by atoms with van der Waals surface area (Å²) in [5, 5.41) is 12.9. The second-order valence-electron chi connectivity index (χ2n) is 11.6. The number of carbonyl (C=O) groups excluding carboxylic acids is 3. The fourth-order valence-electron chi connectivity index (χ4n) is 6.70. The number of ether oxygens (including phenoxy) is 2. The number of phenols is 1. The first kappa shape index (κ1) is 27.9. The Balaban J connectivity index is 1.45. The number of benzene rings is 2. The predicted octanol–water partition coefficient (Wildman–Crippen LogP) is 4.36. The third-order valence-corrected chi connectivity index (χ3v) is 8.54. The molecule has 2 aromatic rings. The van der Waals surface area contributed by atoms with Crippen molar-refractivity contribution in [3.05, 3.63) is 65.7 Å². The number of esters is 2. The highest BCUT2D eigenvalue weighted by molar-refractivity contribution is 5.92. The van der Waals surface area contributed by atoms with Crippen molar-refractivity contribution >= 4 is 23.9 Å². The summed E-state index contributed by atoms with van der Waals surface area (Å²) >= 11 is 0. The third kappa shape index (κ3) is 6.22. The Morgan fingerprint density at radius 2 is 1.85 bits per heavy atom. The van der Waals surface area contributed by atoms with Crippen molar-refractivity contribution in [3.63, 3.8) is 0 Å². The van der Waals surface area contributed by atoms with E-state index in [2.05, 4.69) is 10.2 Å². The Morgan fingerprint density at radius 1 is 1.05 bits per heavy atom. The highest BCUT2D eigenvalue weighted by Crippen LogP contribution is 2.54. The van der Waals surface area contributed by atoms with E-state index < -0.39 is 17.0 Å². The highest BCUT2D eigenvalue weighted by Gasteiger charge is 2.61. The van der Waals surface area contributed by atoms with Gasteiger partial charge in [-0.25, -0.2) is 0 Å². The maximum Gasteiger partial charge on any atom is 0.308 e. The maximum absolute atomic E-state index is 13.0. The summed E-state index contributed by atoms with van der Waals surface area (Å²) in [6.07, 6.45) is 8.27. The quantitative estimate of drug-likeness (QED) is 0.288. The molecule has 5 rings (SSSR count). The zero-order valence-electron chi connectivity index (χ0n) is 23.2. The number of likely N-dealkylation sites (tertiary alicyclic amines) is 1. The number of phenolic OH excluding ortho intramolecular Hbond substituents is 1. The van der Waals surface area contributed by atoms with E-state index in [0.717, 1.165) is 30.6 Å². The molecular weight excluding hydrogens is 508 g/mol. The number of nitrogens with one attached hydrogen (secondary N) is 1. The van der Waals surface area contributed by atoms with Crippen LogP contribution in [0.5, 0.6) is 11.5 Å². The molecule has 2 N–H and O–H groups in total. The van der Waals surface area contributed by atoms with Crippen LogP contribution in [0, 0.1) is 5.92 Å². The maximum atomic E-state index is 13.0. The lowest BCUT2D eigenvalue weighted by atomic mass is 9.55. The molecular formula is C32H38N2O6. The average Bonchev–Trinajstić information content (AvgIpc) is 3.71. The molecule has 1 aliphatic heterocycles. The van der Waals surface area contributed by atoms with Crippen LogP contribution in [0.3, 0.4) is 0 Å². The summed E-state index contributed by atoms with van der Waals surface area (Å²) in [5.74, 6) is 0.378. The molecule has 40 heavy (non-hydrogen) atoms. The van der Waals surface area contributed by atoms with Gasteiger partial charge in [-0.05, 0) is 92.5 Å². The van der Waals surface area contributed by atoms with Gasteiger partial charge in [0.2, 0.25) is 5.91 Å². The Bertz CT molecular complexity index is 1300. The zero-order valence-corrected chi connectivity index (χ0v) is 23.2. The first-order chi connectivity index (χ1) is 19.2. The molecule has 1 heterocycles. The van der Waals surface area contributed by atoms with Gasteiger partial charge in [0.15, 0.2) is 0 Å². The van der Waals surface area contributed by atoms with E-state index in [1.165, 1.54) is 32.8 Å². The molecule has 0 aromatic heterocycles. The topological polar surface area (TPSA) is 105 Å². The van der Waals surface area contributed by atoms with Crippen LogP contribution in [0.25, 0.3) is 6.08 Å². The van der Waals surface area contributed by atoms with Gasteiger partial charge in [0, 0.05) is 44.5 Å². The van der Waals surface area contributed by atoms with E-state index in [1.807, 2.05) is 24.3 Å². The van der Waals surface area contributed by atoms with Crippen molar-refractivity contribution in [2.75, 3.05) is 19.6 Å². The molecule has 2 saturated carbocycles. The molecule has 2 aliphatic carbocycles. The minimum absolute atomic E-state index is 0.141. The van der Waals surface area contributed by atoms with Gasteiger partial charge in [-0.15, -0.1) is 0 Å². The SMILES string of the molecule is CC(=O)Oc1cccc([C@@]23CCN(CC4CC4)C[C@@]2(OC(C)=O)CC[C@H](NC(=O)C=Cc2cccc(O)c2)C3)c1. The van der Waals surface area contributed by atoms with E-state index in [4.69, 9.17) is 9.47 Å². The third-order valence-electron chi connectivity index (χ3n) is 8.54. The normalized spacial score (nSPS) is 26.6. The van der Waals surface area contributed by atoms with Gasteiger partial charge in [0.1, 0.15) is 17.1 Å². The molecule has 3 aliphatic rings. The van der Waals surface area contributed by atoms with Crippen LogP contribution in [0.15, 0.2) is 54.6 Å². The second-order valence-corrected chi connectivity index (χ2v) is 11.6. The molecule has 212 valence electrons. The van der Waals surface area contributed by atoms with Crippen LogP contribution < -0.4 is 10.1 Å². The minimum Gasteiger partial charge on any atom is -0.508 e. The second kappa shape index (κ2) is 11.5. The Labute approximate surface area is 235 Å². The lowest BCUT2D eigenvalue weighted by Gasteiger charge is -2.59. The molecule has 0 unspecified atom stereocenters. The van der Waals surface area contributed by atoms with Crippen LogP contribution in [-0.2, 0) is 24.5 Å². The molecule has 2 aromatic carbocycles. The minimum atomic E-state index is -0.764. The Morgan fingerprint density at radius 3 is 2.58 bits per heavy atom. The lowest BCUT2D eigenvalue weighted by molar-refractivity contribution is -0.187. The summed E-state index contributed by atoms with van der Waals surface area (Å²) in [6, 6.07) is 14.1. The van der Waals surface area contributed by atoms with Crippen LogP contribution in [0.2, 0.25) is 0 Å². The van der Waals surface area contributed by atoms with Gasteiger partial charge >= 0.3 is 11.9 Å². The summed E-state index contributed by atoms with van der Waals surface area (Å²) in [5.41, 5.74) is 0.349. The summed E-state index contributed by atoms with van der Waals surface area (Å²) in [6.45, 7) is 5.34. The largest absolute Gasteiger partial charge is 0.508 e. The molecule has 0 radical (unpaired) electrons. The van der Waals surface area contributed by atoms with Gasteiger partial charge in [-0.2, -0.15) is 0 Å². The number of rotatable bonds is 8. The number of piperidine rings is 1. The Kier molecular flexibility index (Phi) is 7.99. The summed E-state index contributed by atoms with van der Waals surface area (Å²) in [4.78, 5) is 39.7. The average molecular weight is 547 g/mol. The molecule has 1 amide bonds. The van der Waals surface area contributed by atoms with Gasteiger partial charge in [-0.1, -0.05) is 24.3 Å². The monoisotopic (exact) mass is 546 g/mol. The van der Waals surface area contributed by atoms with Crippen molar-refractivity contribution in [1.82, 2.24) is 10.2 Å². The number of aromatic hydroxyl groups is 1. The first-order valence-corrected chi connectivity index (χ1v) is 14.1. The molecule has 3 atom stereocenters. The number of carbonyl (C=O) groups is 3. The molecule has 8 nitrogen and oxygen atoms in total. The summed E-state index contributed by atoms with van der Waals surface area (Å²) in [7, 11) is 0. The number of hydrogen-bond donors (Lipinski definition) is 2. The lowest BCUT2D eigenvalue weighted by Crippen LogP contribution is -2.68. The van der Waals surface area contributed by atoms with Gasteiger partial charge < -0.3 is 19.9 Å². The van der Waals surface area contributed by atoms with E-state index in [-0.39, 0.29) is 23.7 Å². The fourth-order valence-corrected chi connectivity index (χ4v) is 6.70. The molecule has 0 bridgehead atoms. The smallest absolute Gasteiger partial charge is 0.308 e. The number of amides is 1. The van der Waals surface area contributed by atoms with Crippen molar-refractivity contribution in [2.45, 2.75) is 69.4 Å². The van der Waals surface area contributed by atoms with Gasteiger partial charge in [0.05, 0.1) is 0 Å². The highest BCUT2D eigenvalue weighted by atomic mass is 16.6. The predicted molar refractivity (Wildman–Crippen MR) is 151 cm³/mol. The van der Waals surface area contributed by atoms with Gasteiger partial charge in [0.25, 0.3) is 0 Å². The first-order valence-electron chi connectivity index (χ1n) is 14.1. The zero-order chi connectivity index (χ0) is 28.3. The van der Waals surface area contributed by atoms with E-state index in [0.29, 0.717) is 37.5 Å². The van der Waals surface area contributed by atoms with Crippen LogP contribution in [0.1, 0.15) is 63.5 Å². The summed E-state index contributed by atoms with van der Waals surface area (Å²) < 4.78 is 11.8. The van der Waals surface area contributed by atoms with E-state index in [9.17, 15) is 19.5 Å². The standard InChI is InChI=1S/C32H38N2O6/c1-22(35)39-29-8-4-6-26(18-29)31-15-16-34(20-25-9-10-25)21-32(31,40-23(2)36)14-13-27(19-31)33-30(38)12-11-24-5-3-7-28(37)17-24/h3-8,11-12,17-18,25,27,37H,9-10,13-16,19-21H2,1-2H3,(H,33,38)/t27-,31-,32-/m0/s1. The molecule has 3 fully saturated rings. The van der Waals surface area contributed by atoms with Crippen molar-refractivity contribution in [2.24, 2.45) is 5.92 Å². The van der Waals surface area contributed by atoms with Crippen LogP contribution in [0.4, 0.5) is 0 Å². The van der Waals surface area contributed by atoms with E-state index in [1.54, 1.807) is 30.3 Å². The number of fused-ring (bicyclic) bond motifs is 1. The van der Waals surface area contributed by atoms with E-state index >= 15 is 0 Å². The van der Waals surface area contributed by atoms with Crippen LogP contribution >= 0.6 is 0 Å². The number of nitrogens with zero attached hydrogens (tertiary/aromatic N) is 1. The number of hydrogen-bond acceptors (Lipinski definition) is 7. The molecule has 8 heteroatoms. The molecule has 1 saturated heterocycles. The molecule has 0 spiro atoms. The fraction of sp³-hybridized carbons (Fsp3) is 0.469. The van der Waals surface area contributed by atoms with Crippen molar-refractivity contribution < 1.29 is 29.0 Å². The van der Waals surface area contributed by atoms with Crippen molar-refractivity contribution in [1.29, 1.82) is 0 Å². The van der Waals surface area contributed by atoms with Crippen LogP contribution in [-0.4, -0.2) is 59.1 Å². The van der Waals surface area contributed by atoms with Gasteiger partial charge in [-0.3, -0.25) is 19.3 Å².